The van der Waals surface area contributed by atoms with Crippen LogP contribution in [0, 0.1) is 5.92 Å². The minimum atomic E-state index is -3.66. The van der Waals surface area contributed by atoms with E-state index in [1.807, 2.05) is 0 Å². The Kier molecular flexibility index (Phi) is 4.97. The van der Waals surface area contributed by atoms with Gasteiger partial charge in [-0.15, -0.1) is 0 Å². The molecule has 0 aromatic heterocycles. The standard InChI is InChI=1S/C13H18Cl2N2O2S/c1-17(12-4-2-3-9(12)8-16)20(18,19)13-7-10(14)5-6-11(13)15/h5-7,9,12H,2-4,8,16H2,1H3. The largest absolute Gasteiger partial charge is 0.330 e. The van der Waals surface area contributed by atoms with Gasteiger partial charge in [-0.1, -0.05) is 29.6 Å². The van der Waals surface area contributed by atoms with E-state index in [2.05, 4.69) is 0 Å². The van der Waals surface area contributed by atoms with Crippen LogP contribution in [0.3, 0.4) is 0 Å². The molecule has 1 fully saturated rings. The van der Waals surface area contributed by atoms with Crippen molar-refractivity contribution in [2.75, 3.05) is 13.6 Å². The third kappa shape index (κ3) is 2.97. The summed E-state index contributed by atoms with van der Waals surface area (Å²) in [6.45, 7) is 0.494. The van der Waals surface area contributed by atoms with Crippen LogP contribution in [0.2, 0.25) is 10.0 Å². The highest BCUT2D eigenvalue weighted by Crippen LogP contribution is 2.34. The highest BCUT2D eigenvalue weighted by Gasteiger charge is 2.36. The molecule has 7 heteroatoms. The van der Waals surface area contributed by atoms with Gasteiger partial charge in [-0.25, -0.2) is 8.42 Å². The lowest BCUT2D eigenvalue weighted by Crippen LogP contribution is -2.41. The van der Waals surface area contributed by atoms with Gasteiger partial charge in [-0.3, -0.25) is 0 Å². The molecule has 1 aromatic rings. The van der Waals surface area contributed by atoms with Crippen molar-refractivity contribution in [3.05, 3.63) is 28.2 Å². The first-order chi connectivity index (χ1) is 9.37. The fourth-order valence-electron chi connectivity index (χ4n) is 2.78. The summed E-state index contributed by atoms with van der Waals surface area (Å²) in [7, 11) is -2.07. The molecule has 0 bridgehead atoms. The van der Waals surface area contributed by atoms with Crippen molar-refractivity contribution in [3.8, 4) is 0 Å². The van der Waals surface area contributed by atoms with Gasteiger partial charge in [0.2, 0.25) is 10.0 Å². The van der Waals surface area contributed by atoms with Crippen LogP contribution in [0.15, 0.2) is 23.1 Å². The molecule has 0 aliphatic heterocycles. The second-order valence-corrected chi connectivity index (χ2v) is 7.90. The van der Waals surface area contributed by atoms with Crippen molar-refractivity contribution in [3.63, 3.8) is 0 Å². The molecule has 0 saturated heterocycles. The first-order valence-corrected chi connectivity index (χ1v) is 8.70. The molecule has 1 aliphatic rings. The van der Waals surface area contributed by atoms with Crippen molar-refractivity contribution in [2.45, 2.75) is 30.2 Å². The zero-order chi connectivity index (χ0) is 14.9. The number of benzene rings is 1. The van der Waals surface area contributed by atoms with Gasteiger partial charge in [0, 0.05) is 18.1 Å². The number of hydrogen-bond acceptors (Lipinski definition) is 3. The summed E-state index contributed by atoms with van der Waals surface area (Å²) in [6.07, 6.45) is 2.79. The Morgan fingerprint density at radius 2 is 2.05 bits per heavy atom. The number of rotatable bonds is 4. The molecule has 0 radical (unpaired) electrons. The summed E-state index contributed by atoms with van der Waals surface area (Å²) in [5.74, 6) is 0.202. The van der Waals surface area contributed by atoms with Crippen molar-refractivity contribution in [1.29, 1.82) is 0 Å². The molecular formula is C13H18Cl2N2O2S. The zero-order valence-electron chi connectivity index (χ0n) is 11.2. The number of nitrogens with zero attached hydrogens (tertiary/aromatic N) is 1. The van der Waals surface area contributed by atoms with Crippen molar-refractivity contribution >= 4 is 33.2 Å². The second-order valence-electron chi connectivity index (χ2n) is 5.09. The molecule has 2 rings (SSSR count). The van der Waals surface area contributed by atoms with E-state index in [0.29, 0.717) is 11.6 Å². The molecule has 2 N–H and O–H groups in total. The second kappa shape index (κ2) is 6.20. The van der Waals surface area contributed by atoms with Crippen LogP contribution in [0.25, 0.3) is 0 Å². The first-order valence-electron chi connectivity index (χ1n) is 6.51. The van der Waals surface area contributed by atoms with Gasteiger partial charge >= 0.3 is 0 Å². The van der Waals surface area contributed by atoms with Crippen molar-refractivity contribution < 1.29 is 8.42 Å². The molecule has 2 atom stereocenters. The Morgan fingerprint density at radius 1 is 1.35 bits per heavy atom. The molecule has 1 aromatic carbocycles. The lowest BCUT2D eigenvalue weighted by molar-refractivity contribution is 0.304. The van der Waals surface area contributed by atoms with E-state index in [-0.39, 0.29) is 21.9 Å². The van der Waals surface area contributed by atoms with Gasteiger partial charge in [0.15, 0.2) is 0 Å². The Hall–Kier alpha value is -0.330. The minimum absolute atomic E-state index is 0.0526. The fourth-order valence-corrected chi connectivity index (χ4v) is 4.96. The van der Waals surface area contributed by atoms with Crippen molar-refractivity contribution in [2.24, 2.45) is 11.7 Å². The van der Waals surface area contributed by atoms with Gasteiger partial charge in [0.1, 0.15) is 4.90 Å². The molecule has 112 valence electrons. The monoisotopic (exact) mass is 336 g/mol. The molecule has 4 nitrogen and oxygen atoms in total. The van der Waals surface area contributed by atoms with E-state index in [0.717, 1.165) is 19.3 Å². The van der Waals surface area contributed by atoms with Crippen LogP contribution in [-0.4, -0.2) is 32.4 Å². The average molecular weight is 337 g/mol. The predicted molar refractivity (Wildman–Crippen MR) is 81.6 cm³/mol. The van der Waals surface area contributed by atoms with Crippen LogP contribution >= 0.6 is 23.2 Å². The lowest BCUT2D eigenvalue weighted by Gasteiger charge is -2.28. The molecule has 0 amide bonds. The Balaban J connectivity index is 2.37. The maximum atomic E-state index is 12.7. The summed E-state index contributed by atoms with van der Waals surface area (Å²) in [4.78, 5) is 0.0526. The Bertz CT molecular complexity index is 592. The number of hydrogen-bond donors (Lipinski definition) is 1. The van der Waals surface area contributed by atoms with E-state index in [1.54, 1.807) is 13.1 Å². The van der Waals surface area contributed by atoms with E-state index in [9.17, 15) is 8.42 Å². The van der Waals surface area contributed by atoms with Gasteiger partial charge in [0.05, 0.1) is 5.02 Å². The van der Waals surface area contributed by atoms with Crippen LogP contribution in [0.1, 0.15) is 19.3 Å². The summed E-state index contributed by atoms with van der Waals surface area (Å²) >= 11 is 11.9. The molecule has 0 spiro atoms. The Labute approximate surface area is 129 Å². The number of sulfonamides is 1. The first kappa shape index (κ1) is 16.0. The van der Waals surface area contributed by atoms with Crippen LogP contribution in [0.5, 0.6) is 0 Å². The van der Waals surface area contributed by atoms with Gasteiger partial charge in [-0.2, -0.15) is 4.31 Å². The third-order valence-corrected chi connectivity index (χ3v) is 6.54. The highest BCUT2D eigenvalue weighted by atomic mass is 35.5. The normalized spacial score (nSPS) is 23.4. The smallest absolute Gasteiger partial charge is 0.244 e. The van der Waals surface area contributed by atoms with Crippen LogP contribution < -0.4 is 5.73 Å². The van der Waals surface area contributed by atoms with Crippen LogP contribution in [-0.2, 0) is 10.0 Å². The fraction of sp³-hybridized carbons (Fsp3) is 0.538. The van der Waals surface area contributed by atoms with Gasteiger partial charge in [-0.05, 0) is 43.5 Å². The van der Waals surface area contributed by atoms with Gasteiger partial charge < -0.3 is 5.73 Å². The number of halogens is 2. The zero-order valence-corrected chi connectivity index (χ0v) is 13.5. The topological polar surface area (TPSA) is 63.4 Å². The van der Waals surface area contributed by atoms with Crippen molar-refractivity contribution in [1.82, 2.24) is 4.31 Å². The van der Waals surface area contributed by atoms with Gasteiger partial charge in [0.25, 0.3) is 0 Å². The van der Waals surface area contributed by atoms with E-state index in [1.165, 1.54) is 16.4 Å². The molecule has 20 heavy (non-hydrogen) atoms. The maximum absolute atomic E-state index is 12.7. The SMILES string of the molecule is CN(C1CCCC1CN)S(=O)(=O)c1cc(Cl)ccc1Cl. The van der Waals surface area contributed by atoms with Crippen LogP contribution in [0.4, 0.5) is 0 Å². The minimum Gasteiger partial charge on any atom is -0.330 e. The lowest BCUT2D eigenvalue weighted by atomic mass is 10.0. The average Bonchev–Trinajstić information content (AvgIpc) is 2.88. The maximum Gasteiger partial charge on any atom is 0.244 e. The molecular weight excluding hydrogens is 319 g/mol. The quantitative estimate of drug-likeness (QED) is 0.919. The molecule has 1 saturated carbocycles. The van der Waals surface area contributed by atoms with E-state index in [4.69, 9.17) is 28.9 Å². The summed E-state index contributed by atoms with van der Waals surface area (Å²) < 4.78 is 26.8. The number of nitrogens with two attached hydrogens (primary N) is 1. The molecule has 1 aliphatic carbocycles. The molecule has 2 unspecified atom stereocenters. The van der Waals surface area contributed by atoms with E-state index >= 15 is 0 Å². The summed E-state index contributed by atoms with van der Waals surface area (Å²) in [6, 6.07) is 4.39. The summed E-state index contributed by atoms with van der Waals surface area (Å²) in [5, 5.41) is 0.534. The van der Waals surface area contributed by atoms with E-state index < -0.39 is 10.0 Å². The summed E-state index contributed by atoms with van der Waals surface area (Å²) in [5.41, 5.74) is 5.73. The molecule has 0 heterocycles. The third-order valence-electron chi connectivity index (χ3n) is 3.94. The Morgan fingerprint density at radius 3 is 2.70 bits per heavy atom. The predicted octanol–water partition coefficient (Wildman–Crippen LogP) is 2.74. The highest BCUT2D eigenvalue weighted by molar-refractivity contribution is 7.89.